The van der Waals surface area contributed by atoms with Crippen molar-refractivity contribution in [2.75, 3.05) is 65.4 Å². The number of amides is 1. The molecule has 0 spiro atoms. The van der Waals surface area contributed by atoms with E-state index in [0.29, 0.717) is 41.8 Å². The molecular weight excluding hydrogens is 462 g/mol. The predicted octanol–water partition coefficient (Wildman–Crippen LogP) is 1.46. The lowest BCUT2D eigenvalue weighted by Crippen LogP contribution is -3.15. The molecule has 3 rings (SSSR count). The normalized spacial score (nSPS) is 15.7. The zero-order valence-corrected chi connectivity index (χ0v) is 22.0. The predicted molar refractivity (Wildman–Crippen MR) is 139 cm³/mol. The maximum Gasteiger partial charge on any atom is 0.279 e. The monoisotopic (exact) mass is 502 g/mol. The Labute approximate surface area is 213 Å². The van der Waals surface area contributed by atoms with E-state index in [1.165, 1.54) is 4.90 Å². The van der Waals surface area contributed by atoms with Gasteiger partial charge in [-0.05, 0) is 45.0 Å². The van der Waals surface area contributed by atoms with Crippen LogP contribution in [0.2, 0.25) is 0 Å². The molecule has 1 fully saturated rings. The van der Waals surface area contributed by atoms with Gasteiger partial charge >= 0.3 is 0 Å². The Bertz CT molecular complexity index is 963. The molecule has 0 bridgehead atoms. The lowest BCUT2D eigenvalue weighted by atomic mass is 10.2. The van der Waals surface area contributed by atoms with E-state index in [0.717, 1.165) is 26.2 Å². The summed E-state index contributed by atoms with van der Waals surface area (Å²) < 4.78 is 22.5. The van der Waals surface area contributed by atoms with E-state index in [2.05, 4.69) is 10.2 Å². The first kappa shape index (κ1) is 27.6. The molecule has 1 amide bonds. The molecule has 1 heterocycles. The van der Waals surface area contributed by atoms with Crippen LogP contribution in [-0.2, 0) is 4.79 Å². The molecule has 9 heteroatoms. The zero-order valence-electron chi connectivity index (χ0n) is 22.0. The molecule has 0 aliphatic carbocycles. The summed E-state index contributed by atoms with van der Waals surface area (Å²) in [6, 6.07) is 12.9. The second kappa shape index (κ2) is 12.8. The molecule has 3 N–H and O–H groups in total. The Morgan fingerprint density at radius 3 is 2.17 bits per heavy atom. The average molecular weight is 503 g/mol. The number of hydrogen-bond donors (Lipinski definition) is 3. The minimum Gasteiger partial charge on any atom is -0.494 e. The van der Waals surface area contributed by atoms with Crippen LogP contribution in [0.1, 0.15) is 20.8 Å². The number of piperazine rings is 1. The highest BCUT2D eigenvalue weighted by Crippen LogP contribution is 2.34. The summed E-state index contributed by atoms with van der Waals surface area (Å²) in [4.78, 5) is 16.1. The number of quaternary nitrogens is 1. The molecule has 0 saturated carbocycles. The number of carbonyl (C=O) groups is 1. The first-order valence-electron chi connectivity index (χ1n) is 12.3. The van der Waals surface area contributed by atoms with Crippen LogP contribution in [-0.4, -0.2) is 87.7 Å². The number of hydrogen-bond acceptors (Lipinski definition) is 7. The molecule has 1 atom stereocenters. The van der Waals surface area contributed by atoms with Gasteiger partial charge in [-0.25, -0.2) is 0 Å². The van der Waals surface area contributed by atoms with Gasteiger partial charge in [0, 0.05) is 19.6 Å². The van der Waals surface area contributed by atoms with Gasteiger partial charge in [0.1, 0.15) is 35.5 Å². The molecule has 36 heavy (non-hydrogen) atoms. The van der Waals surface area contributed by atoms with Gasteiger partial charge < -0.3 is 34.3 Å². The zero-order chi connectivity index (χ0) is 26.1. The number of nitrogens with one attached hydrogen (secondary N) is 2. The van der Waals surface area contributed by atoms with Gasteiger partial charge in [0.2, 0.25) is 0 Å². The Balaban J connectivity index is 1.42. The fourth-order valence-electron chi connectivity index (χ4n) is 4.13. The van der Waals surface area contributed by atoms with Crippen molar-refractivity contribution in [3.63, 3.8) is 0 Å². The van der Waals surface area contributed by atoms with Crippen molar-refractivity contribution in [1.29, 1.82) is 0 Å². The van der Waals surface area contributed by atoms with Gasteiger partial charge in [-0.2, -0.15) is 0 Å². The van der Waals surface area contributed by atoms with E-state index in [-0.39, 0.29) is 18.1 Å². The number of rotatable bonds is 11. The number of para-hydroxylation sites is 3. The molecule has 1 saturated heterocycles. The molecule has 198 valence electrons. The van der Waals surface area contributed by atoms with E-state index in [9.17, 15) is 9.90 Å². The van der Waals surface area contributed by atoms with Crippen molar-refractivity contribution >= 4 is 11.6 Å². The lowest BCUT2D eigenvalue weighted by molar-refractivity contribution is -0.896. The maximum atomic E-state index is 12.7. The number of methoxy groups -OCH3 is 2. The number of anilines is 1. The largest absolute Gasteiger partial charge is 0.494 e. The van der Waals surface area contributed by atoms with Crippen molar-refractivity contribution in [2.24, 2.45) is 0 Å². The number of ether oxygens (including phenoxy) is 4. The summed E-state index contributed by atoms with van der Waals surface area (Å²) in [5, 5.41) is 13.5. The Kier molecular flexibility index (Phi) is 9.81. The van der Waals surface area contributed by atoms with Crippen LogP contribution in [0.4, 0.5) is 5.69 Å². The Hall–Kier alpha value is -3.01. The van der Waals surface area contributed by atoms with Crippen molar-refractivity contribution in [3.8, 4) is 23.0 Å². The third-order valence-corrected chi connectivity index (χ3v) is 5.83. The smallest absolute Gasteiger partial charge is 0.279 e. The van der Waals surface area contributed by atoms with Crippen molar-refractivity contribution in [3.05, 3.63) is 42.5 Å². The molecule has 1 aliphatic heterocycles. The van der Waals surface area contributed by atoms with Crippen LogP contribution in [0.25, 0.3) is 0 Å². The number of aliphatic hydroxyl groups excluding tert-OH is 1. The first-order valence-corrected chi connectivity index (χ1v) is 12.3. The summed E-state index contributed by atoms with van der Waals surface area (Å²) in [7, 11) is 3.12. The summed E-state index contributed by atoms with van der Waals surface area (Å²) in [6.07, 6.45) is -0.629. The number of β-amino-alcohol motifs (C(OH)–C–C–N with tert-alkyl or cyclic N) is 1. The fourth-order valence-corrected chi connectivity index (χ4v) is 4.13. The van der Waals surface area contributed by atoms with Gasteiger partial charge in [-0.1, -0.05) is 18.2 Å². The summed E-state index contributed by atoms with van der Waals surface area (Å²) in [6.45, 7) is 10.2. The van der Waals surface area contributed by atoms with Gasteiger partial charge in [0.15, 0.2) is 18.0 Å². The van der Waals surface area contributed by atoms with Crippen molar-refractivity contribution < 1.29 is 33.7 Å². The molecule has 2 aromatic rings. The van der Waals surface area contributed by atoms with E-state index in [1.54, 1.807) is 26.4 Å². The molecule has 0 radical (unpaired) electrons. The first-order chi connectivity index (χ1) is 17.2. The highest BCUT2D eigenvalue weighted by molar-refractivity contribution is 5.94. The topological polar surface area (TPSA) is 93.9 Å². The standard InChI is InChI=1S/C27H39N3O6/c1-27(2,3)36-22-10-7-6-9-21(22)35-19-20(31)17-29-13-15-30(16-14-29)18-25(32)28-26-23(33-4)11-8-12-24(26)34-5/h6-12,20,31H,13-19H2,1-5H3,(H,28,32)/p+1/t20-/m1/s1. The third kappa shape index (κ3) is 8.29. The van der Waals surface area contributed by atoms with Crippen LogP contribution in [0.15, 0.2) is 42.5 Å². The fraction of sp³-hybridized carbons (Fsp3) is 0.519. The summed E-state index contributed by atoms with van der Waals surface area (Å²) in [5.74, 6) is 2.32. The quantitative estimate of drug-likeness (QED) is 0.428. The van der Waals surface area contributed by atoms with E-state index in [4.69, 9.17) is 18.9 Å². The molecule has 2 aromatic carbocycles. The van der Waals surface area contributed by atoms with Crippen LogP contribution >= 0.6 is 0 Å². The van der Waals surface area contributed by atoms with E-state index in [1.807, 2.05) is 51.1 Å². The Morgan fingerprint density at radius 2 is 1.58 bits per heavy atom. The maximum absolute atomic E-state index is 12.7. The van der Waals surface area contributed by atoms with Crippen LogP contribution in [0.5, 0.6) is 23.0 Å². The van der Waals surface area contributed by atoms with Crippen LogP contribution in [0, 0.1) is 0 Å². The van der Waals surface area contributed by atoms with Crippen molar-refractivity contribution in [2.45, 2.75) is 32.5 Å². The number of carbonyl (C=O) groups excluding carboxylic acids is 1. The molecule has 9 nitrogen and oxygen atoms in total. The van der Waals surface area contributed by atoms with Gasteiger partial charge in [-0.15, -0.1) is 0 Å². The summed E-state index contributed by atoms with van der Waals surface area (Å²) in [5.41, 5.74) is 0.207. The second-order valence-corrected chi connectivity index (χ2v) is 9.94. The summed E-state index contributed by atoms with van der Waals surface area (Å²) >= 11 is 0. The van der Waals surface area contributed by atoms with Gasteiger partial charge in [0.05, 0.1) is 27.3 Å². The minimum atomic E-state index is -0.629. The third-order valence-electron chi connectivity index (χ3n) is 5.83. The highest BCUT2D eigenvalue weighted by atomic mass is 16.5. The second-order valence-electron chi connectivity index (χ2n) is 9.94. The Morgan fingerprint density at radius 1 is 1.00 bits per heavy atom. The average Bonchev–Trinajstić information content (AvgIpc) is 2.84. The number of aliphatic hydroxyl groups is 1. The van der Waals surface area contributed by atoms with Crippen LogP contribution in [0.3, 0.4) is 0 Å². The molecular formula is C27H40N3O6+. The van der Waals surface area contributed by atoms with E-state index < -0.39 is 6.10 Å². The SMILES string of the molecule is COc1cccc(OC)c1NC(=O)C[NH+]1CCN(C[C@@H](O)COc2ccccc2OC(C)(C)C)CC1. The molecule has 0 unspecified atom stereocenters. The highest BCUT2D eigenvalue weighted by Gasteiger charge is 2.25. The van der Waals surface area contributed by atoms with Gasteiger partial charge in [-0.3, -0.25) is 9.69 Å². The van der Waals surface area contributed by atoms with Crippen molar-refractivity contribution in [1.82, 2.24) is 4.90 Å². The van der Waals surface area contributed by atoms with E-state index >= 15 is 0 Å². The minimum absolute atomic E-state index is 0.0918. The van der Waals surface area contributed by atoms with Crippen LogP contribution < -0.4 is 29.2 Å². The van der Waals surface area contributed by atoms with Gasteiger partial charge in [0.25, 0.3) is 5.91 Å². The molecule has 0 aromatic heterocycles. The molecule has 1 aliphatic rings. The number of benzene rings is 2. The lowest BCUT2D eigenvalue weighted by Gasteiger charge is -2.33. The number of nitrogens with zero attached hydrogens (tertiary/aromatic N) is 1.